The van der Waals surface area contributed by atoms with Gasteiger partial charge in [0.25, 0.3) is 5.56 Å². The number of nitrogens with zero attached hydrogens (tertiary/aromatic N) is 3. The number of pyridine rings is 1. The summed E-state index contributed by atoms with van der Waals surface area (Å²) in [6.07, 6.45) is 3.83. The molecule has 0 N–H and O–H groups in total. The van der Waals surface area contributed by atoms with E-state index in [1.165, 1.54) is 4.68 Å². The van der Waals surface area contributed by atoms with E-state index in [-0.39, 0.29) is 5.56 Å². The average Bonchev–Trinajstić information content (AvgIpc) is 2.69. The molecule has 0 fully saturated rings. The van der Waals surface area contributed by atoms with Gasteiger partial charge >= 0.3 is 0 Å². The first-order chi connectivity index (χ1) is 13.1. The maximum Gasteiger partial charge on any atom is 0.289 e. The summed E-state index contributed by atoms with van der Waals surface area (Å²) in [7, 11) is 0. The van der Waals surface area contributed by atoms with Crippen molar-refractivity contribution in [3.8, 4) is 6.07 Å². The fraction of sp³-hybridized carbons (Fsp3) is 0.0870. The van der Waals surface area contributed by atoms with E-state index in [2.05, 4.69) is 5.10 Å². The quantitative estimate of drug-likeness (QED) is 0.657. The molecule has 1 aromatic heterocycles. The number of rotatable bonds is 4. The van der Waals surface area contributed by atoms with Gasteiger partial charge in [-0.25, -0.2) is 0 Å². The van der Waals surface area contributed by atoms with Gasteiger partial charge in [0.05, 0.1) is 5.71 Å². The van der Waals surface area contributed by atoms with Gasteiger partial charge in [-0.1, -0.05) is 66.7 Å². The summed E-state index contributed by atoms with van der Waals surface area (Å²) in [5.41, 5.74) is 3.60. The summed E-state index contributed by atoms with van der Waals surface area (Å²) in [6, 6.07) is 23.3. The molecule has 0 radical (unpaired) electrons. The minimum atomic E-state index is -0.406. The summed E-state index contributed by atoms with van der Waals surface area (Å²) >= 11 is 0. The molecule has 4 nitrogen and oxygen atoms in total. The number of aromatic nitrogens is 1. The topological polar surface area (TPSA) is 58.1 Å². The van der Waals surface area contributed by atoms with Crippen LogP contribution in [-0.2, 0) is 0 Å². The molecule has 0 amide bonds. The normalized spacial score (nSPS) is 11.5. The lowest BCUT2D eigenvalue weighted by molar-refractivity contribution is 0.783. The minimum Gasteiger partial charge on any atom is -0.266 e. The zero-order valence-corrected chi connectivity index (χ0v) is 15.3. The van der Waals surface area contributed by atoms with E-state index in [1.807, 2.05) is 85.8 Å². The molecule has 0 bridgehead atoms. The van der Waals surface area contributed by atoms with Crippen molar-refractivity contribution in [3.05, 3.63) is 111 Å². The van der Waals surface area contributed by atoms with Crippen LogP contribution in [-0.4, -0.2) is 10.4 Å². The highest BCUT2D eigenvalue weighted by atomic mass is 16.1. The first-order valence-electron chi connectivity index (χ1n) is 8.61. The third-order valence-corrected chi connectivity index (χ3v) is 4.18. The SMILES string of the molecule is Cc1cc(C)n(/N=C(\C=C\c2ccccc2)c2ccccc2)c(=O)c1C#N. The predicted octanol–water partition coefficient (Wildman–Crippen LogP) is 4.30. The van der Waals surface area contributed by atoms with Crippen molar-refractivity contribution in [2.45, 2.75) is 13.8 Å². The van der Waals surface area contributed by atoms with E-state index in [9.17, 15) is 10.1 Å². The van der Waals surface area contributed by atoms with Gasteiger partial charge in [0.15, 0.2) is 0 Å². The fourth-order valence-corrected chi connectivity index (χ4v) is 2.78. The summed E-state index contributed by atoms with van der Waals surface area (Å²) in [6.45, 7) is 3.57. The summed E-state index contributed by atoms with van der Waals surface area (Å²) in [5, 5.41) is 13.9. The summed E-state index contributed by atoms with van der Waals surface area (Å²) in [4.78, 5) is 12.7. The van der Waals surface area contributed by atoms with Gasteiger partial charge in [0, 0.05) is 11.3 Å². The van der Waals surface area contributed by atoms with Crippen molar-refractivity contribution in [1.82, 2.24) is 4.68 Å². The first kappa shape index (κ1) is 18.1. The van der Waals surface area contributed by atoms with E-state index < -0.39 is 5.56 Å². The molecule has 0 aliphatic rings. The van der Waals surface area contributed by atoms with Gasteiger partial charge in [-0.15, -0.1) is 0 Å². The molecule has 4 heteroatoms. The molecule has 0 spiro atoms. The second kappa shape index (κ2) is 8.11. The van der Waals surface area contributed by atoms with Crippen molar-refractivity contribution in [3.63, 3.8) is 0 Å². The second-order valence-corrected chi connectivity index (χ2v) is 6.17. The molecular weight excluding hydrogens is 334 g/mol. The van der Waals surface area contributed by atoms with Gasteiger partial charge in [-0.3, -0.25) is 4.79 Å². The van der Waals surface area contributed by atoms with Crippen LogP contribution >= 0.6 is 0 Å². The van der Waals surface area contributed by atoms with Gasteiger partial charge in [-0.05, 0) is 37.1 Å². The summed E-state index contributed by atoms with van der Waals surface area (Å²) in [5.74, 6) is 0. The van der Waals surface area contributed by atoms with Crippen molar-refractivity contribution in [2.75, 3.05) is 0 Å². The Kier molecular flexibility index (Phi) is 5.44. The molecule has 3 rings (SSSR count). The van der Waals surface area contributed by atoms with Crippen LogP contribution in [0.25, 0.3) is 6.08 Å². The minimum absolute atomic E-state index is 0.115. The van der Waals surface area contributed by atoms with Crippen LogP contribution in [0.5, 0.6) is 0 Å². The lowest BCUT2D eigenvalue weighted by Crippen LogP contribution is -2.23. The number of allylic oxidation sites excluding steroid dienone is 1. The Hall–Kier alpha value is -3.71. The van der Waals surface area contributed by atoms with Crippen LogP contribution < -0.4 is 5.56 Å². The molecule has 132 valence electrons. The Bertz CT molecular complexity index is 1100. The number of nitriles is 1. The highest BCUT2D eigenvalue weighted by molar-refractivity contribution is 6.10. The predicted molar refractivity (Wildman–Crippen MR) is 109 cm³/mol. The number of aryl methyl sites for hydroxylation is 2. The first-order valence-corrected chi connectivity index (χ1v) is 8.61. The van der Waals surface area contributed by atoms with E-state index in [0.29, 0.717) is 17.0 Å². The highest BCUT2D eigenvalue weighted by Gasteiger charge is 2.10. The molecule has 0 saturated heterocycles. The molecule has 0 aliphatic heterocycles. The molecule has 1 heterocycles. The molecular formula is C23H19N3O. The van der Waals surface area contributed by atoms with Crippen molar-refractivity contribution >= 4 is 11.8 Å². The zero-order chi connectivity index (χ0) is 19.2. The maximum absolute atomic E-state index is 12.7. The number of hydrogen-bond donors (Lipinski definition) is 0. The molecule has 0 unspecified atom stereocenters. The third-order valence-electron chi connectivity index (χ3n) is 4.18. The van der Waals surface area contributed by atoms with Gasteiger partial charge < -0.3 is 0 Å². The van der Waals surface area contributed by atoms with Crippen LogP contribution in [0.15, 0.2) is 82.7 Å². The van der Waals surface area contributed by atoms with Crippen LogP contribution in [0.1, 0.15) is 27.9 Å². The Morgan fingerprint density at radius 3 is 2.30 bits per heavy atom. The largest absolute Gasteiger partial charge is 0.289 e. The summed E-state index contributed by atoms with van der Waals surface area (Å²) < 4.78 is 1.29. The number of benzene rings is 2. The third kappa shape index (κ3) is 4.10. The lowest BCUT2D eigenvalue weighted by Gasteiger charge is -2.09. The van der Waals surface area contributed by atoms with Crippen molar-refractivity contribution in [1.29, 1.82) is 5.26 Å². The number of hydrogen-bond acceptors (Lipinski definition) is 3. The van der Waals surface area contributed by atoms with Crippen molar-refractivity contribution in [2.24, 2.45) is 5.10 Å². The van der Waals surface area contributed by atoms with Crippen molar-refractivity contribution < 1.29 is 0 Å². The molecule has 2 aromatic carbocycles. The van der Waals surface area contributed by atoms with Gasteiger partial charge in [0.2, 0.25) is 0 Å². The van der Waals surface area contributed by atoms with Crippen LogP contribution in [0.3, 0.4) is 0 Å². The molecule has 0 atom stereocenters. The lowest BCUT2D eigenvalue weighted by atomic mass is 10.1. The highest BCUT2D eigenvalue weighted by Crippen LogP contribution is 2.10. The monoisotopic (exact) mass is 353 g/mol. The van der Waals surface area contributed by atoms with E-state index in [4.69, 9.17) is 0 Å². The van der Waals surface area contributed by atoms with Crippen LogP contribution in [0, 0.1) is 25.2 Å². The van der Waals surface area contributed by atoms with Gasteiger partial charge in [0.1, 0.15) is 11.6 Å². The fourth-order valence-electron chi connectivity index (χ4n) is 2.78. The Labute approximate surface area is 158 Å². The second-order valence-electron chi connectivity index (χ2n) is 6.17. The zero-order valence-electron chi connectivity index (χ0n) is 15.3. The average molecular weight is 353 g/mol. The molecule has 27 heavy (non-hydrogen) atoms. The van der Waals surface area contributed by atoms with Gasteiger partial charge in [-0.2, -0.15) is 15.0 Å². The molecule has 0 saturated carbocycles. The molecule has 3 aromatic rings. The Morgan fingerprint density at radius 1 is 1.04 bits per heavy atom. The van der Waals surface area contributed by atoms with E-state index >= 15 is 0 Å². The smallest absolute Gasteiger partial charge is 0.266 e. The maximum atomic E-state index is 12.7. The molecule has 0 aliphatic carbocycles. The van der Waals surface area contributed by atoms with E-state index in [1.54, 1.807) is 13.0 Å². The van der Waals surface area contributed by atoms with Crippen LogP contribution in [0.4, 0.5) is 0 Å². The Morgan fingerprint density at radius 2 is 1.67 bits per heavy atom. The Balaban J connectivity index is 2.16. The van der Waals surface area contributed by atoms with E-state index in [0.717, 1.165) is 11.1 Å². The standard InChI is InChI=1S/C23H19N3O/c1-17-15-18(2)26(23(27)21(17)16-24)25-22(20-11-7-4-8-12-20)14-13-19-9-5-3-6-10-19/h3-15H,1-2H3/b14-13+,25-22+. The van der Waals surface area contributed by atoms with Crippen LogP contribution in [0.2, 0.25) is 0 Å².